The van der Waals surface area contributed by atoms with Crippen molar-refractivity contribution in [3.63, 3.8) is 0 Å². The average molecular weight is 283 g/mol. The van der Waals surface area contributed by atoms with Crippen LogP contribution in [0.4, 0.5) is 0 Å². The smallest absolute Gasteiger partial charge is 0.0914 e. The first kappa shape index (κ1) is 15.7. The number of hydrogen-bond acceptors (Lipinski definition) is 2. The fraction of sp³-hybridized carbons (Fsp3) is 0.368. The number of aryl methyl sites for hydroxylation is 1. The second-order valence-electron chi connectivity index (χ2n) is 5.61. The van der Waals surface area contributed by atoms with E-state index in [1.54, 1.807) is 0 Å². The third-order valence-corrected chi connectivity index (χ3v) is 3.82. The predicted molar refractivity (Wildman–Crippen MR) is 88.4 cm³/mol. The standard InChI is InChI=1S/C19H25NO/c1-3-16-9-11-17(12-10-16)13-15(2)20-14-19(21)18-7-5-4-6-8-18/h4-12,15,19-21H,3,13-14H2,1-2H3/t15-,19+/m1/s1. The zero-order valence-corrected chi connectivity index (χ0v) is 12.9. The van der Waals surface area contributed by atoms with Gasteiger partial charge in [0.2, 0.25) is 0 Å². The highest BCUT2D eigenvalue weighted by molar-refractivity contribution is 5.23. The fourth-order valence-corrected chi connectivity index (χ4v) is 2.44. The third kappa shape index (κ3) is 5.00. The second-order valence-corrected chi connectivity index (χ2v) is 5.61. The predicted octanol–water partition coefficient (Wildman–Crippen LogP) is 3.50. The van der Waals surface area contributed by atoms with E-state index in [1.807, 2.05) is 30.3 Å². The summed E-state index contributed by atoms with van der Waals surface area (Å²) in [5.41, 5.74) is 3.67. The van der Waals surface area contributed by atoms with E-state index in [1.165, 1.54) is 11.1 Å². The van der Waals surface area contributed by atoms with Crippen LogP contribution in [0, 0.1) is 0 Å². The fourth-order valence-electron chi connectivity index (χ4n) is 2.44. The lowest BCUT2D eigenvalue weighted by molar-refractivity contribution is 0.170. The van der Waals surface area contributed by atoms with Crippen molar-refractivity contribution in [2.24, 2.45) is 0 Å². The number of aliphatic hydroxyl groups excluding tert-OH is 1. The molecule has 0 saturated carbocycles. The molecule has 0 heterocycles. The first-order valence-electron chi connectivity index (χ1n) is 7.73. The molecule has 0 aromatic heterocycles. The van der Waals surface area contributed by atoms with Crippen LogP contribution in [0.3, 0.4) is 0 Å². The molecule has 2 N–H and O–H groups in total. The second kappa shape index (κ2) is 7.96. The van der Waals surface area contributed by atoms with E-state index in [0.717, 1.165) is 18.4 Å². The van der Waals surface area contributed by atoms with Gasteiger partial charge in [-0.25, -0.2) is 0 Å². The molecule has 0 bridgehead atoms. The van der Waals surface area contributed by atoms with Gasteiger partial charge in [-0.2, -0.15) is 0 Å². The molecule has 2 nitrogen and oxygen atoms in total. The molecule has 21 heavy (non-hydrogen) atoms. The average Bonchev–Trinajstić information content (AvgIpc) is 2.54. The van der Waals surface area contributed by atoms with Crippen molar-refractivity contribution >= 4 is 0 Å². The van der Waals surface area contributed by atoms with Gasteiger partial charge < -0.3 is 10.4 Å². The number of benzene rings is 2. The summed E-state index contributed by atoms with van der Waals surface area (Å²) in [6, 6.07) is 18.9. The Balaban J connectivity index is 1.80. The maximum atomic E-state index is 10.1. The van der Waals surface area contributed by atoms with Gasteiger partial charge in [-0.05, 0) is 36.5 Å². The van der Waals surface area contributed by atoms with E-state index in [4.69, 9.17) is 0 Å². The first-order chi connectivity index (χ1) is 10.2. The lowest BCUT2D eigenvalue weighted by atomic mass is 10.0. The summed E-state index contributed by atoms with van der Waals surface area (Å²) in [6.07, 6.45) is 1.61. The summed E-state index contributed by atoms with van der Waals surface area (Å²) >= 11 is 0. The van der Waals surface area contributed by atoms with Crippen molar-refractivity contribution in [3.05, 3.63) is 71.3 Å². The highest BCUT2D eigenvalue weighted by atomic mass is 16.3. The van der Waals surface area contributed by atoms with Crippen molar-refractivity contribution in [3.8, 4) is 0 Å². The highest BCUT2D eigenvalue weighted by Crippen LogP contribution is 2.12. The molecule has 0 aliphatic carbocycles. The normalized spacial score (nSPS) is 13.9. The van der Waals surface area contributed by atoms with Gasteiger partial charge in [0.15, 0.2) is 0 Å². The van der Waals surface area contributed by atoms with Gasteiger partial charge in [-0.3, -0.25) is 0 Å². The molecule has 0 spiro atoms. The molecule has 0 saturated heterocycles. The third-order valence-electron chi connectivity index (χ3n) is 3.82. The summed E-state index contributed by atoms with van der Waals surface area (Å²) in [4.78, 5) is 0. The zero-order chi connectivity index (χ0) is 15.1. The molecule has 0 radical (unpaired) electrons. The number of aliphatic hydroxyl groups is 1. The van der Waals surface area contributed by atoms with E-state index in [2.05, 4.69) is 43.4 Å². The monoisotopic (exact) mass is 283 g/mol. The van der Waals surface area contributed by atoms with Crippen LogP contribution < -0.4 is 5.32 Å². The molecule has 112 valence electrons. The van der Waals surface area contributed by atoms with Crippen molar-refractivity contribution in [1.82, 2.24) is 5.32 Å². The molecule has 0 fully saturated rings. The summed E-state index contributed by atoms with van der Waals surface area (Å²) in [6.45, 7) is 4.91. The van der Waals surface area contributed by atoms with E-state index >= 15 is 0 Å². The van der Waals surface area contributed by atoms with Gasteiger partial charge in [0.05, 0.1) is 6.10 Å². The molecule has 0 amide bonds. The van der Waals surface area contributed by atoms with Crippen molar-refractivity contribution in [1.29, 1.82) is 0 Å². The largest absolute Gasteiger partial charge is 0.387 e. The first-order valence-corrected chi connectivity index (χ1v) is 7.73. The van der Waals surface area contributed by atoms with Crippen LogP contribution in [0.15, 0.2) is 54.6 Å². The number of rotatable bonds is 7. The molecule has 2 aromatic rings. The Morgan fingerprint density at radius 3 is 2.19 bits per heavy atom. The van der Waals surface area contributed by atoms with Crippen molar-refractivity contribution in [2.45, 2.75) is 38.8 Å². The lowest BCUT2D eigenvalue weighted by Crippen LogP contribution is -2.32. The lowest BCUT2D eigenvalue weighted by Gasteiger charge is -2.17. The van der Waals surface area contributed by atoms with Gasteiger partial charge in [0, 0.05) is 12.6 Å². The topological polar surface area (TPSA) is 32.3 Å². The molecule has 2 heteroatoms. The van der Waals surface area contributed by atoms with Gasteiger partial charge in [0.1, 0.15) is 0 Å². The minimum atomic E-state index is -0.448. The van der Waals surface area contributed by atoms with Crippen LogP contribution in [0.2, 0.25) is 0 Å². The molecule has 2 aromatic carbocycles. The maximum Gasteiger partial charge on any atom is 0.0914 e. The van der Waals surface area contributed by atoms with Crippen LogP contribution >= 0.6 is 0 Å². The highest BCUT2D eigenvalue weighted by Gasteiger charge is 2.09. The molecular weight excluding hydrogens is 258 g/mol. The van der Waals surface area contributed by atoms with Crippen LogP contribution in [0.5, 0.6) is 0 Å². The minimum Gasteiger partial charge on any atom is -0.387 e. The zero-order valence-electron chi connectivity index (χ0n) is 12.9. The van der Waals surface area contributed by atoms with Crippen molar-refractivity contribution < 1.29 is 5.11 Å². The maximum absolute atomic E-state index is 10.1. The van der Waals surface area contributed by atoms with Gasteiger partial charge in [0.25, 0.3) is 0 Å². The van der Waals surface area contributed by atoms with Gasteiger partial charge in [-0.15, -0.1) is 0 Å². The summed E-state index contributed by atoms with van der Waals surface area (Å²) < 4.78 is 0. The van der Waals surface area contributed by atoms with Crippen LogP contribution in [-0.4, -0.2) is 17.7 Å². The molecule has 2 rings (SSSR count). The molecule has 0 aliphatic rings. The quantitative estimate of drug-likeness (QED) is 0.815. The molecule has 0 aliphatic heterocycles. The summed E-state index contributed by atoms with van der Waals surface area (Å²) in [5, 5.41) is 13.5. The number of nitrogens with one attached hydrogen (secondary N) is 1. The van der Waals surface area contributed by atoms with Gasteiger partial charge in [-0.1, -0.05) is 61.5 Å². The Kier molecular flexibility index (Phi) is 5.97. The van der Waals surface area contributed by atoms with E-state index in [0.29, 0.717) is 12.6 Å². The number of hydrogen-bond donors (Lipinski definition) is 2. The Morgan fingerprint density at radius 1 is 0.952 bits per heavy atom. The van der Waals surface area contributed by atoms with E-state index in [-0.39, 0.29) is 0 Å². The van der Waals surface area contributed by atoms with Crippen LogP contribution in [-0.2, 0) is 12.8 Å². The van der Waals surface area contributed by atoms with Crippen molar-refractivity contribution in [2.75, 3.05) is 6.54 Å². The molecular formula is C19H25NO. The minimum absolute atomic E-state index is 0.343. The van der Waals surface area contributed by atoms with Gasteiger partial charge >= 0.3 is 0 Å². The summed E-state index contributed by atoms with van der Waals surface area (Å²) in [7, 11) is 0. The Hall–Kier alpha value is -1.64. The van der Waals surface area contributed by atoms with Crippen LogP contribution in [0.25, 0.3) is 0 Å². The van der Waals surface area contributed by atoms with Crippen LogP contribution in [0.1, 0.15) is 36.6 Å². The van der Waals surface area contributed by atoms with E-state index in [9.17, 15) is 5.11 Å². The Morgan fingerprint density at radius 2 is 1.57 bits per heavy atom. The molecule has 2 atom stereocenters. The summed E-state index contributed by atoms with van der Waals surface area (Å²) in [5.74, 6) is 0. The SMILES string of the molecule is CCc1ccc(C[C@@H](C)NC[C@H](O)c2ccccc2)cc1. The Labute approximate surface area is 127 Å². The Bertz CT molecular complexity index is 521. The molecule has 0 unspecified atom stereocenters. The van der Waals surface area contributed by atoms with E-state index < -0.39 is 6.10 Å².